The molecule has 0 aliphatic carbocycles. The molecule has 3 aromatic carbocycles. The molecule has 1 aliphatic rings. The van der Waals surface area contributed by atoms with Crippen LogP contribution in [0.3, 0.4) is 0 Å². The van der Waals surface area contributed by atoms with Crippen LogP contribution in [-0.4, -0.2) is 82.6 Å². The van der Waals surface area contributed by atoms with E-state index in [2.05, 4.69) is 10.2 Å². The zero-order valence-electron chi connectivity index (χ0n) is 23.5. The number of nitrogens with one attached hydrogen (secondary N) is 1. The number of carbonyl (C=O) groups excluding carboxylic acids is 1. The van der Waals surface area contributed by atoms with Gasteiger partial charge in [-0.3, -0.25) is 4.79 Å². The minimum Gasteiger partial charge on any atom is -0.494 e. The standard InChI is InChI=1S/C29H36N4O6S2/c1-4-39-28-15-14-27(20-23(28)2)41(37,38)33(21-24-8-6-5-7-9-24)22-29(34)30-25-10-12-26(13-11-25)40(35,36)32-18-16-31(3)17-19-32/h5-15,20H,4,16-19,21-22H2,1-3H3,(H,30,34). The lowest BCUT2D eigenvalue weighted by atomic mass is 10.2. The molecule has 1 amide bonds. The van der Waals surface area contributed by atoms with Gasteiger partial charge in [-0.15, -0.1) is 0 Å². The van der Waals surface area contributed by atoms with E-state index in [0.717, 1.165) is 9.87 Å². The lowest BCUT2D eigenvalue weighted by molar-refractivity contribution is -0.116. The summed E-state index contributed by atoms with van der Waals surface area (Å²) in [6, 6.07) is 19.6. The highest BCUT2D eigenvalue weighted by Gasteiger charge is 2.29. The van der Waals surface area contributed by atoms with Crippen molar-refractivity contribution in [2.75, 3.05) is 51.7 Å². The molecule has 41 heavy (non-hydrogen) atoms. The molecule has 1 fully saturated rings. The number of sulfonamides is 2. The highest BCUT2D eigenvalue weighted by Crippen LogP contribution is 2.26. The molecule has 1 saturated heterocycles. The number of rotatable bonds is 11. The second-order valence-electron chi connectivity index (χ2n) is 9.90. The molecule has 220 valence electrons. The minimum atomic E-state index is -4.05. The fourth-order valence-corrected chi connectivity index (χ4v) is 7.40. The van der Waals surface area contributed by atoms with Crippen LogP contribution in [0, 0.1) is 6.92 Å². The Morgan fingerprint density at radius 3 is 2.15 bits per heavy atom. The molecule has 0 spiro atoms. The average Bonchev–Trinajstić information content (AvgIpc) is 2.95. The van der Waals surface area contributed by atoms with Crippen LogP contribution < -0.4 is 10.1 Å². The number of aryl methyl sites for hydroxylation is 1. The predicted molar refractivity (Wildman–Crippen MR) is 158 cm³/mol. The van der Waals surface area contributed by atoms with Gasteiger partial charge in [0.2, 0.25) is 26.0 Å². The van der Waals surface area contributed by atoms with Gasteiger partial charge in [-0.1, -0.05) is 30.3 Å². The predicted octanol–water partition coefficient (Wildman–Crippen LogP) is 3.16. The molecule has 1 N–H and O–H groups in total. The van der Waals surface area contributed by atoms with Crippen LogP contribution in [0.2, 0.25) is 0 Å². The Balaban J connectivity index is 1.51. The lowest BCUT2D eigenvalue weighted by Gasteiger charge is -2.31. The van der Waals surface area contributed by atoms with E-state index in [-0.39, 0.29) is 16.3 Å². The Hall–Kier alpha value is -3.29. The number of ether oxygens (including phenoxy) is 1. The van der Waals surface area contributed by atoms with Crippen molar-refractivity contribution in [2.45, 2.75) is 30.2 Å². The topological polar surface area (TPSA) is 116 Å². The maximum absolute atomic E-state index is 13.7. The van der Waals surface area contributed by atoms with E-state index in [1.165, 1.54) is 40.7 Å². The number of likely N-dealkylation sites (N-methyl/N-ethyl adjacent to an activating group) is 1. The number of anilines is 1. The Bertz CT molecular complexity index is 1550. The first-order chi connectivity index (χ1) is 19.5. The quantitative estimate of drug-likeness (QED) is 0.360. The summed E-state index contributed by atoms with van der Waals surface area (Å²) in [5.74, 6) is 0.0405. The normalized spacial score (nSPS) is 15.1. The number of hydrogen-bond acceptors (Lipinski definition) is 7. The van der Waals surface area contributed by atoms with Crippen molar-refractivity contribution in [1.29, 1.82) is 0 Å². The van der Waals surface area contributed by atoms with Crippen molar-refractivity contribution in [2.24, 2.45) is 0 Å². The molecule has 0 aromatic heterocycles. The number of piperazine rings is 1. The van der Waals surface area contributed by atoms with Gasteiger partial charge in [-0.05, 0) is 74.5 Å². The van der Waals surface area contributed by atoms with Gasteiger partial charge in [0, 0.05) is 38.4 Å². The maximum Gasteiger partial charge on any atom is 0.243 e. The fraction of sp³-hybridized carbons (Fsp3) is 0.345. The molecule has 0 radical (unpaired) electrons. The number of benzene rings is 3. The summed E-state index contributed by atoms with van der Waals surface area (Å²) in [5.41, 5.74) is 1.76. The van der Waals surface area contributed by atoms with E-state index in [4.69, 9.17) is 4.74 Å². The lowest BCUT2D eigenvalue weighted by Crippen LogP contribution is -2.46. The zero-order chi connectivity index (χ0) is 29.6. The number of carbonyl (C=O) groups is 1. The van der Waals surface area contributed by atoms with E-state index in [9.17, 15) is 21.6 Å². The second-order valence-corrected chi connectivity index (χ2v) is 13.8. The number of nitrogens with zero attached hydrogens (tertiary/aromatic N) is 3. The number of amides is 1. The van der Waals surface area contributed by atoms with Gasteiger partial charge in [0.25, 0.3) is 0 Å². The van der Waals surface area contributed by atoms with Crippen LogP contribution in [-0.2, 0) is 31.4 Å². The highest BCUT2D eigenvalue weighted by molar-refractivity contribution is 7.89. The molecular weight excluding hydrogens is 564 g/mol. The van der Waals surface area contributed by atoms with Gasteiger partial charge in [0.1, 0.15) is 5.75 Å². The van der Waals surface area contributed by atoms with Gasteiger partial charge >= 0.3 is 0 Å². The Labute approximate surface area is 242 Å². The molecule has 4 rings (SSSR count). The van der Waals surface area contributed by atoms with Crippen LogP contribution in [0.5, 0.6) is 5.75 Å². The first-order valence-corrected chi connectivity index (χ1v) is 16.2. The fourth-order valence-electron chi connectivity index (χ4n) is 4.51. The smallest absolute Gasteiger partial charge is 0.243 e. The largest absolute Gasteiger partial charge is 0.494 e. The van der Waals surface area contributed by atoms with Gasteiger partial charge in [0.15, 0.2) is 0 Å². The van der Waals surface area contributed by atoms with E-state index in [1.807, 2.05) is 20.0 Å². The molecule has 0 atom stereocenters. The van der Waals surface area contributed by atoms with Gasteiger partial charge in [-0.2, -0.15) is 8.61 Å². The molecule has 12 heteroatoms. The Kier molecular flexibility index (Phi) is 9.82. The van der Waals surface area contributed by atoms with Crippen LogP contribution in [0.25, 0.3) is 0 Å². The molecule has 3 aromatic rings. The van der Waals surface area contributed by atoms with Crippen molar-refractivity contribution in [3.05, 3.63) is 83.9 Å². The van der Waals surface area contributed by atoms with Crippen molar-refractivity contribution in [3.63, 3.8) is 0 Å². The van der Waals surface area contributed by atoms with E-state index in [1.54, 1.807) is 37.3 Å². The second kappa shape index (κ2) is 13.1. The number of hydrogen-bond donors (Lipinski definition) is 1. The summed E-state index contributed by atoms with van der Waals surface area (Å²) in [7, 11) is -5.75. The third-order valence-corrected chi connectivity index (χ3v) is 10.5. The SMILES string of the molecule is CCOc1ccc(S(=O)(=O)N(CC(=O)Nc2ccc(S(=O)(=O)N3CCN(C)CC3)cc2)Cc2ccccc2)cc1C. The third-order valence-electron chi connectivity index (χ3n) is 6.84. The van der Waals surface area contributed by atoms with Crippen molar-refractivity contribution in [3.8, 4) is 5.75 Å². The summed E-state index contributed by atoms with van der Waals surface area (Å²) in [6.07, 6.45) is 0. The first kappa shape index (κ1) is 30.7. The molecule has 10 nitrogen and oxygen atoms in total. The molecule has 0 saturated carbocycles. The molecule has 0 bridgehead atoms. The van der Waals surface area contributed by atoms with E-state index >= 15 is 0 Å². The summed E-state index contributed by atoms with van der Waals surface area (Å²) in [4.78, 5) is 15.4. The summed E-state index contributed by atoms with van der Waals surface area (Å²) in [5, 5.41) is 2.70. The van der Waals surface area contributed by atoms with Crippen molar-refractivity contribution < 1.29 is 26.4 Å². The van der Waals surface area contributed by atoms with Gasteiger partial charge in [0.05, 0.1) is 22.9 Å². The van der Waals surface area contributed by atoms with Crippen LogP contribution in [0.15, 0.2) is 82.6 Å². The monoisotopic (exact) mass is 600 g/mol. The molecule has 0 unspecified atom stereocenters. The zero-order valence-corrected chi connectivity index (χ0v) is 25.1. The van der Waals surface area contributed by atoms with Crippen LogP contribution in [0.4, 0.5) is 5.69 Å². The highest BCUT2D eigenvalue weighted by atomic mass is 32.2. The summed E-state index contributed by atoms with van der Waals surface area (Å²) >= 11 is 0. The third kappa shape index (κ3) is 7.52. The van der Waals surface area contributed by atoms with Crippen molar-refractivity contribution in [1.82, 2.24) is 13.5 Å². The Morgan fingerprint density at radius 1 is 0.902 bits per heavy atom. The minimum absolute atomic E-state index is 0.00887. The molecule has 1 aliphatic heterocycles. The molecular formula is C29H36N4O6S2. The molecule has 1 heterocycles. The van der Waals surface area contributed by atoms with E-state index < -0.39 is 32.5 Å². The summed E-state index contributed by atoms with van der Waals surface area (Å²) < 4.78 is 61.6. The maximum atomic E-state index is 13.7. The first-order valence-electron chi connectivity index (χ1n) is 13.4. The van der Waals surface area contributed by atoms with Gasteiger partial charge < -0.3 is 15.0 Å². The van der Waals surface area contributed by atoms with Crippen LogP contribution >= 0.6 is 0 Å². The van der Waals surface area contributed by atoms with Crippen molar-refractivity contribution >= 4 is 31.6 Å². The van der Waals surface area contributed by atoms with E-state index in [0.29, 0.717) is 49.8 Å². The summed E-state index contributed by atoms with van der Waals surface area (Å²) in [6.45, 7) is 5.77. The average molecular weight is 601 g/mol. The van der Waals surface area contributed by atoms with Gasteiger partial charge in [-0.25, -0.2) is 16.8 Å². The Morgan fingerprint density at radius 2 is 1.54 bits per heavy atom. The van der Waals surface area contributed by atoms with Crippen LogP contribution in [0.1, 0.15) is 18.1 Å².